The molecule has 0 bridgehead atoms. The maximum atomic E-state index is 11.8. The van der Waals surface area contributed by atoms with Crippen LogP contribution in [0.5, 0.6) is 0 Å². The fourth-order valence-corrected chi connectivity index (χ4v) is 0.377. The second-order valence-electron chi connectivity index (χ2n) is 1.23. The molecule has 38 valence electrons. The van der Waals surface area contributed by atoms with Crippen LogP contribution in [-0.4, -0.2) is 0 Å². The van der Waals surface area contributed by atoms with Crippen LogP contribution in [0.25, 0.3) is 0 Å². The van der Waals surface area contributed by atoms with Gasteiger partial charge in [0, 0.05) is 0 Å². The van der Waals surface area contributed by atoms with Crippen molar-refractivity contribution in [2.24, 2.45) is 0 Å². The van der Waals surface area contributed by atoms with Gasteiger partial charge in [-0.1, -0.05) is 0 Å². The predicted octanol–water partition coefficient (Wildman–Crippen LogP) is 1.73. The Hall–Kier alpha value is -0.790. The van der Waals surface area contributed by atoms with Gasteiger partial charge < -0.3 is 4.74 Å². The Bertz CT molecular complexity index is 115. The molecule has 1 aliphatic heterocycles. The van der Waals surface area contributed by atoms with Crippen LogP contribution >= 0.6 is 0 Å². The van der Waals surface area contributed by atoms with Crippen molar-refractivity contribution in [2.45, 2.75) is 6.42 Å². The fraction of sp³-hybridized carbons (Fsp3) is 0.200. The zero-order valence-electron chi connectivity index (χ0n) is 3.73. The second kappa shape index (κ2) is 1.78. The highest BCUT2D eigenvalue weighted by molar-refractivity contribution is 4.97. The first-order valence-electron chi connectivity index (χ1n) is 2.07. The molecule has 0 saturated carbocycles. The van der Waals surface area contributed by atoms with Gasteiger partial charge in [-0.2, -0.15) is 4.39 Å². The van der Waals surface area contributed by atoms with E-state index in [1.807, 2.05) is 0 Å². The normalized spacial score (nSPS) is 18.1. The molecule has 0 unspecified atom stereocenters. The molecule has 1 heterocycles. The molecule has 1 aliphatic rings. The largest absolute Gasteiger partial charge is 0.440 e. The lowest BCUT2D eigenvalue weighted by Crippen LogP contribution is -1.80. The molecule has 2 heteroatoms. The van der Waals surface area contributed by atoms with E-state index >= 15 is 0 Å². The van der Waals surface area contributed by atoms with Crippen LogP contribution in [0.15, 0.2) is 24.4 Å². The third kappa shape index (κ3) is 1.03. The van der Waals surface area contributed by atoms with Crippen LogP contribution in [0.4, 0.5) is 4.39 Å². The van der Waals surface area contributed by atoms with Crippen molar-refractivity contribution in [3.8, 4) is 0 Å². The number of rotatable bonds is 0. The highest BCUT2D eigenvalue weighted by Crippen LogP contribution is 2.06. The molecule has 0 aromatic heterocycles. The Morgan fingerprint density at radius 3 is 2.86 bits per heavy atom. The van der Waals surface area contributed by atoms with Crippen molar-refractivity contribution in [2.75, 3.05) is 0 Å². The third-order valence-electron chi connectivity index (χ3n) is 0.691. The van der Waals surface area contributed by atoms with Gasteiger partial charge in [-0.3, -0.25) is 0 Å². The summed E-state index contributed by atoms with van der Waals surface area (Å²) < 4.78 is 16.1. The number of halogens is 1. The first-order chi connectivity index (χ1) is 3.39. The molecular formula is C5H5FO. The molecule has 1 rings (SSSR count). The van der Waals surface area contributed by atoms with Gasteiger partial charge in [-0.25, -0.2) is 0 Å². The van der Waals surface area contributed by atoms with Gasteiger partial charge in [-0.05, 0) is 18.6 Å². The Labute approximate surface area is 41.1 Å². The number of hydrogen-bond donors (Lipinski definition) is 0. The van der Waals surface area contributed by atoms with E-state index in [-0.39, 0.29) is 0 Å². The number of allylic oxidation sites excluding steroid dienone is 2. The third-order valence-corrected chi connectivity index (χ3v) is 0.691. The van der Waals surface area contributed by atoms with Crippen molar-refractivity contribution in [3.05, 3.63) is 24.4 Å². The summed E-state index contributed by atoms with van der Waals surface area (Å²) in [4.78, 5) is 0. The summed E-state index contributed by atoms with van der Waals surface area (Å²) in [6.07, 6.45) is 5.10. The number of ether oxygens (including phenoxy) is 1. The predicted molar refractivity (Wildman–Crippen MR) is 24.0 cm³/mol. The first kappa shape index (κ1) is 4.37. The van der Waals surface area contributed by atoms with Crippen molar-refractivity contribution >= 4 is 0 Å². The summed E-state index contributed by atoms with van der Waals surface area (Å²) in [5, 5.41) is 0. The van der Waals surface area contributed by atoms with Crippen LogP contribution < -0.4 is 0 Å². The Kier molecular flexibility index (Phi) is 1.11. The minimum absolute atomic E-state index is 0.498. The van der Waals surface area contributed by atoms with Crippen molar-refractivity contribution in [3.63, 3.8) is 0 Å². The van der Waals surface area contributed by atoms with E-state index < -0.39 is 6.01 Å². The number of hydrogen-bond acceptors (Lipinski definition) is 1. The lowest BCUT2D eigenvalue weighted by Gasteiger charge is -1.97. The van der Waals surface area contributed by atoms with E-state index in [0.29, 0.717) is 6.42 Å². The van der Waals surface area contributed by atoms with E-state index in [0.717, 1.165) is 0 Å². The molecular weight excluding hydrogens is 95.1 g/mol. The molecule has 0 aromatic rings. The molecule has 7 heavy (non-hydrogen) atoms. The topological polar surface area (TPSA) is 9.23 Å². The van der Waals surface area contributed by atoms with E-state index in [1.54, 1.807) is 6.08 Å². The van der Waals surface area contributed by atoms with Crippen molar-refractivity contribution < 1.29 is 9.13 Å². The fourth-order valence-electron chi connectivity index (χ4n) is 0.377. The molecule has 0 spiro atoms. The van der Waals surface area contributed by atoms with E-state index in [4.69, 9.17) is 0 Å². The molecule has 0 radical (unpaired) electrons. The van der Waals surface area contributed by atoms with Gasteiger partial charge in [0.2, 0.25) is 0 Å². The molecule has 1 nitrogen and oxygen atoms in total. The van der Waals surface area contributed by atoms with Crippen molar-refractivity contribution in [1.29, 1.82) is 0 Å². The van der Waals surface area contributed by atoms with E-state index in [1.165, 1.54) is 12.3 Å². The molecule has 0 aliphatic carbocycles. The molecule has 0 aromatic carbocycles. The zero-order chi connectivity index (χ0) is 5.11. The summed E-state index contributed by atoms with van der Waals surface area (Å²) in [6, 6.07) is -0.498. The lowest BCUT2D eigenvalue weighted by atomic mass is 10.4. The smallest absolute Gasteiger partial charge is 0.273 e. The van der Waals surface area contributed by atoms with E-state index in [9.17, 15) is 4.39 Å². The summed E-state index contributed by atoms with van der Waals surface area (Å²) in [7, 11) is 0. The van der Waals surface area contributed by atoms with Gasteiger partial charge in [-0.15, -0.1) is 0 Å². The quantitative estimate of drug-likeness (QED) is 0.450. The minimum Gasteiger partial charge on any atom is -0.440 e. The Morgan fingerprint density at radius 2 is 2.57 bits per heavy atom. The van der Waals surface area contributed by atoms with Gasteiger partial charge in [0.15, 0.2) is 0 Å². The van der Waals surface area contributed by atoms with E-state index in [2.05, 4.69) is 4.74 Å². The second-order valence-corrected chi connectivity index (χ2v) is 1.23. The molecule has 0 saturated heterocycles. The monoisotopic (exact) mass is 100 g/mol. The van der Waals surface area contributed by atoms with Gasteiger partial charge >= 0.3 is 0 Å². The van der Waals surface area contributed by atoms with Gasteiger partial charge in [0.25, 0.3) is 6.01 Å². The molecule has 0 amide bonds. The average Bonchev–Trinajstić information content (AvgIpc) is 1.69. The highest BCUT2D eigenvalue weighted by atomic mass is 19.1. The lowest BCUT2D eigenvalue weighted by molar-refractivity contribution is 0.239. The van der Waals surface area contributed by atoms with Crippen LogP contribution in [0.1, 0.15) is 6.42 Å². The molecule has 0 atom stereocenters. The Balaban J connectivity index is 2.50. The summed E-state index contributed by atoms with van der Waals surface area (Å²) in [5.74, 6) is 0. The zero-order valence-corrected chi connectivity index (χ0v) is 3.73. The average molecular weight is 100 g/mol. The molecule has 0 fully saturated rings. The highest BCUT2D eigenvalue weighted by Gasteiger charge is 1.92. The molecule has 0 N–H and O–H groups in total. The minimum atomic E-state index is -0.498. The van der Waals surface area contributed by atoms with Crippen LogP contribution in [0, 0.1) is 0 Å². The van der Waals surface area contributed by atoms with Crippen LogP contribution in [0.3, 0.4) is 0 Å². The maximum Gasteiger partial charge on any atom is 0.273 e. The van der Waals surface area contributed by atoms with Crippen LogP contribution in [-0.2, 0) is 4.74 Å². The van der Waals surface area contributed by atoms with Gasteiger partial charge in [0.1, 0.15) is 0 Å². The summed E-state index contributed by atoms with van der Waals surface area (Å²) in [6.45, 7) is 0. The Morgan fingerprint density at radius 1 is 1.71 bits per heavy atom. The summed E-state index contributed by atoms with van der Waals surface area (Å²) >= 11 is 0. The van der Waals surface area contributed by atoms with Gasteiger partial charge in [0.05, 0.1) is 6.26 Å². The maximum absolute atomic E-state index is 11.8. The standard InChI is InChI=1S/C5H5FO/c6-5-3-1-2-4-7-5/h2-4H,1H2. The first-order valence-corrected chi connectivity index (χ1v) is 2.07. The SMILES string of the molecule is FC1=CCC=CO1. The summed E-state index contributed by atoms with van der Waals surface area (Å²) in [5.41, 5.74) is 0. The van der Waals surface area contributed by atoms with Crippen molar-refractivity contribution in [1.82, 2.24) is 0 Å². The van der Waals surface area contributed by atoms with Crippen LogP contribution in [0.2, 0.25) is 0 Å².